The lowest BCUT2D eigenvalue weighted by Crippen LogP contribution is -2.42. The molecule has 0 aliphatic heterocycles. The van der Waals surface area contributed by atoms with Crippen molar-refractivity contribution in [3.05, 3.63) is 0 Å². The van der Waals surface area contributed by atoms with E-state index in [1.54, 1.807) is 0 Å². The molecule has 0 fully saturated rings. The second kappa shape index (κ2) is 9.23. The Morgan fingerprint density at radius 3 is 2.69 bits per heavy atom. The lowest BCUT2D eigenvalue weighted by atomic mass is 10.2. The van der Waals surface area contributed by atoms with Crippen LogP contribution in [0.4, 0.5) is 0 Å². The standard InChI is InChI=1S/C13H24N2O/c1-5-8-10-15(12(4)7-3)11-13(16)14-9-6-2/h2,12H,5,7-11H2,1,3-4H3,(H,14,16). The van der Waals surface area contributed by atoms with Crippen LogP contribution in [-0.2, 0) is 4.79 Å². The van der Waals surface area contributed by atoms with Gasteiger partial charge in [-0.25, -0.2) is 0 Å². The number of hydrogen-bond donors (Lipinski definition) is 1. The van der Waals surface area contributed by atoms with Crippen molar-refractivity contribution < 1.29 is 4.79 Å². The molecule has 1 atom stereocenters. The summed E-state index contributed by atoms with van der Waals surface area (Å²) >= 11 is 0. The van der Waals surface area contributed by atoms with Crippen molar-refractivity contribution >= 4 is 5.91 Å². The Morgan fingerprint density at radius 2 is 2.19 bits per heavy atom. The lowest BCUT2D eigenvalue weighted by Gasteiger charge is -2.27. The van der Waals surface area contributed by atoms with Crippen LogP contribution in [0, 0.1) is 12.3 Å². The second-order valence-corrected chi connectivity index (χ2v) is 4.06. The molecule has 0 aromatic heterocycles. The molecule has 0 heterocycles. The Labute approximate surface area is 99.6 Å². The molecule has 3 nitrogen and oxygen atoms in total. The second-order valence-electron chi connectivity index (χ2n) is 4.06. The first-order chi connectivity index (χ1) is 7.65. The number of unbranched alkanes of at least 4 members (excludes halogenated alkanes) is 1. The molecule has 92 valence electrons. The minimum atomic E-state index is 0.0225. The largest absolute Gasteiger partial charge is 0.344 e. The average Bonchev–Trinajstić information content (AvgIpc) is 2.30. The third kappa shape index (κ3) is 6.47. The molecule has 0 aromatic carbocycles. The molecular weight excluding hydrogens is 200 g/mol. The molecule has 1 N–H and O–H groups in total. The van der Waals surface area contributed by atoms with Crippen LogP contribution in [0.3, 0.4) is 0 Å². The van der Waals surface area contributed by atoms with Gasteiger partial charge in [0, 0.05) is 6.04 Å². The minimum Gasteiger partial charge on any atom is -0.344 e. The predicted octanol–water partition coefficient (Wildman–Crippen LogP) is 1.64. The number of terminal acetylenes is 1. The average molecular weight is 224 g/mol. The van der Waals surface area contributed by atoms with Crippen LogP contribution in [0.2, 0.25) is 0 Å². The predicted molar refractivity (Wildman–Crippen MR) is 68.1 cm³/mol. The van der Waals surface area contributed by atoms with Crippen molar-refractivity contribution in [3.8, 4) is 12.3 Å². The Kier molecular flexibility index (Phi) is 8.65. The molecular formula is C13H24N2O. The summed E-state index contributed by atoms with van der Waals surface area (Å²) in [7, 11) is 0. The fraction of sp³-hybridized carbons (Fsp3) is 0.769. The summed E-state index contributed by atoms with van der Waals surface area (Å²) < 4.78 is 0. The Hall–Kier alpha value is -1.01. The number of nitrogens with zero attached hydrogens (tertiary/aromatic N) is 1. The number of hydrogen-bond acceptors (Lipinski definition) is 2. The van der Waals surface area contributed by atoms with Crippen LogP contribution in [0.1, 0.15) is 40.0 Å². The summed E-state index contributed by atoms with van der Waals surface area (Å²) in [6.07, 6.45) is 8.44. The summed E-state index contributed by atoms with van der Waals surface area (Å²) in [5.74, 6) is 2.43. The number of carbonyl (C=O) groups excluding carboxylic acids is 1. The van der Waals surface area contributed by atoms with Crippen molar-refractivity contribution in [2.45, 2.75) is 46.1 Å². The van der Waals surface area contributed by atoms with Crippen LogP contribution >= 0.6 is 0 Å². The Morgan fingerprint density at radius 1 is 1.50 bits per heavy atom. The molecule has 0 saturated carbocycles. The summed E-state index contributed by atoms with van der Waals surface area (Å²) in [5.41, 5.74) is 0. The molecule has 0 bridgehead atoms. The normalized spacial score (nSPS) is 12.2. The Bertz CT molecular complexity index is 233. The first-order valence-electron chi connectivity index (χ1n) is 6.09. The fourth-order valence-electron chi connectivity index (χ4n) is 1.46. The zero-order valence-electron chi connectivity index (χ0n) is 10.8. The monoisotopic (exact) mass is 224 g/mol. The van der Waals surface area contributed by atoms with Gasteiger partial charge in [0.05, 0.1) is 13.1 Å². The highest BCUT2D eigenvalue weighted by Gasteiger charge is 2.14. The van der Waals surface area contributed by atoms with E-state index >= 15 is 0 Å². The molecule has 1 unspecified atom stereocenters. The number of amides is 1. The number of rotatable bonds is 8. The highest BCUT2D eigenvalue weighted by atomic mass is 16.2. The molecule has 0 radical (unpaired) electrons. The smallest absolute Gasteiger partial charge is 0.234 e. The quantitative estimate of drug-likeness (QED) is 0.636. The van der Waals surface area contributed by atoms with Crippen LogP contribution in [0.5, 0.6) is 0 Å². The minimum absolute atomic E-state index is 0.0225. The first kappa shape index (κ1) is 15.0. The van der Waals surface area contributed by atoms with E-state index < -0.39 is 0 Å². The van der Waals surface area contributed by atoms with Gasteiger partial charge in [0.25, 0.3) is 0 Å². The Balaban J connectivity index is 4.09. The van der Waals surface area contributed by atoms with Crippen LogP contribution < -0.4 is 5.32 Å². The maximum Gasteiger partial charge on any atom is 0.234 e. The van der Waals surface area contributed by atoms with Gasteiger partial charge in [-0.2, -0.15) is 0 Å². The zero-order valence-corrected chi connectivity index (χ0v) is 10.8. The maximum atomic E-state index is 11.5. The maximum absolute atomic E-state index is 11.5. The van der Waals surface area contributed by atoms with Crippen LogP contribution in [0.15, 0.2) is 0 Å². The number of carbonyl (C=O) groups is 1. The summed E-state index contributed by atoms with van der Waals surface area (Å²) in [6, 6.07) is 0.447. The topological polar surface area (TPSA) is 32.3 Å². The van der Waals surface area contributed by atoms with E-state index in [1.165, 1.54) is 0 Å². The molecule has 1 amide bonds. The van der Waals surface area contributed by atoms with Crippen molar-refractivity contribution in [1.29, 1.82) is 0 Å². The van der Waals surface area contributed by atoms with Crippen LogP contribution in [-0.4, -0.2) is 36.5 Å². The molecule has 16 heavy (non-hydrogen) atoms. The van der Waals surface area contributed by atoms with Gasteiger partial charge in [0.1, 0.15) is 0 Å². The van der Waals surface area contributed by atoms with Gasteiger partial charge in [0.15, 0.2) is 0 Å². The van der Waals surface area contributed by atoms with E-state index in [1.807, 2.05) is 0 Å². The van der Waals surface area contributed by atoms with Gasteiger partial charge in [-0.15, -0.1) is 6.42 Å². The third-order valence-corrected chi connectivity index (χ3v) is 2.75. The van der Waals surface area contributed by atoms with Gasteiger partial charge in [-0.3, -0.25) is 9.69 Å². The van der Waals surface area contributed by atoms with E-state index in [-0.39, 0.29) is 5.91 Å². The molecule has 0 aliphatic carbocycles. The van der Waals surface area contributed by atoms with Crippen molar-refractivity contribution in [2.75, 3.05) is 19.6 Å². The van der Waals surface area contributed by atoms with Crippen molar-refractivity contribution in [1.82, 2.24) is 10.2 Å². The molecule has 0 aliphatic rings. The van der Waals surface area contributed by atoms with E-state index in [9.17, 15) is 4.79 Å². The molecule has 0 spiro atoms. The summed E-state index contributed by atoms with van der Waals surface area (Å²) in [5, 5.41) is 2.70. The summed E-state index contributed by atoms with van der Waals surface area (Å²) in [4.78, 5) is 13.8. The highest BCUT2D eigenvalue weighted by Crippen LogP contribution is 2.05. The van der Waals surface area contributed by atoms with E-state index in [0.717, 1.165) is 25.8 Å². The fourth-order valence-corrected chi connectivity index (χ4v) is 1.46. The van der Waals surface area contributed by atoms with E-state index in [2.05, 4.69) is 36.9 Å². The van der Waals surface area contributed by atoms with Gasteiger partial charge in [0.2, 0.25) is 5.91 Å². The van der Waals surface area contributed by atoms with Gasteiger partial charge in [-0.1, -0.05) is 26.2 Å². The molecule has 3 heteroatoms. The SMILES string of the molecule is C#CCNC(=O)CN(CCCC)C(C)CC. The molecule has 0 rings (SSSR count). The molecule has 0 aromatic rings. The van der Waals surface area contributed by atoms with Gasteiger partial charge < -0.3 is 5.32 Å². The molecule has 0 saturated heterocycles. The lowest BCUT2D eigenvalue weighted by molar-refractivity contribution is -0.122. The highest BCUT2D eigenvalue weighted by molar-refractivity contribution is 5.78. The van der Waals surface area contributed by atoms with Crippen molar-refractivity contribution in [3.63, 3.8) is 0 Å². The van der Waals surface area contributed by atoms with Crippen molar-refractivity contribution in [2.24, 2.45) is 0 Å². The van der Waals surface area contributed by atoms with Gasteiger partial charge in [-0.05, 0) is 26.3 Å². The van der Waals surface area contributed by atoms with E-state index in [4.69, 9.17) is 6.42 Å². The number of nitrogens with one attached hydrogen (secondary N) is 1. The summed E-state index contributed by atoms with van der Waals surface area (Å²) in [6.45, 7) is 8.22. The zero-order chi connectivity index (χ0) is 12.4. The van der Waals surface area contributed by atoms with Crippen LogP contribution in [0.25, 0.3) is 0 Å². The van der Waals surface area contributed by atoms with Gasteiger partial charge >= 0.3 is 0 Å². The van der Waals surface area contributed by atoms with E-state index in [0.29, 0.717) is 19.1 Å². The first-order valence-corrected chi connectivity index (χ1v) is 6.09. The third-order valence-electron chi connectivity index (χ3n) is 2.75.